The van der Waals surface area contributed by atoms with E-state index in [1.54, 1.807) is 20.8 Å². The lowest BCUT2D eigenvalue weighted by atomic mass is 9.83. The van der Waals surface area contributed by atoms with Gasteiger partial charge in [-0.2, -0.15) is 0 Å². The van der Waals surface area contributed by atoms with Crippen LogP contribution < -0.4 is 9.98 Å². The third-order valence-corrected chi connectivity index (χ3v) is 6.12. The third kappa shape index (κ3) is 5.18. The first-order chi connectivity index (χ1) is 12.0. The standard InChI is InChI=1S/C15H29N4O6P/c1-14(2,3)18-26(22,23)24-9-15(17-19-16)13(21)11(20)12(25-15)10-7-5-4-6-8-10/h10-13,20-21H,4-9H2,1-3H3,(H2,18,22,23)/p-1/t11-,12-,13-,15+/m0/s1. The molecular weight excluding hydrogens is 363 g/mol. The number of aliphatic hydroxyl groups excluding tert-OH is 2. The summed E-state index contributed by atoms with van der Waals surface area (Å²) in [5, 5.41) is 26.6. The van der Waals surface area contributed by atoms with E-state index in [-0.39, 0.29) is 5.92 Å². The summed E-state index contributed by atoms with van der Waals surface area (Å²) >= 11 is 0. The van der Waals surface area contributed by atoms with Gasteiger partial charge in [-0.25, -0.2) is 0 Å². The van der Waals surface area contributed by atoms with Gasteiger partial charge in [0.25, 0.3) is 0 Å². The zero-order chi connectivity index (χ0) is 19.6. The Balaban J connectivity index is 2.15. The Hall–Kier alpha value is -0.700. The predicted octanol–water partition coefficient (Wildman–Crippen LogP) is 1.57. The minimum Gasteiger partial charge on any atom is -0.766 e. The molecule has 1 saturated heterocycles. The molecule has 2 rings (SSSR count). The monoisotopic (exact) mass is 391 g/mol. The Morgan fingerprint density at radius 1 is 1.38 bits per heavy atom. The smallest absolute Gasteiger partial charge is 0.204 e. The van der Waals surface area contributed by atoms with Crippen LogP contribution in [0.5, 0.6) is 0 Å². The van der Waals surface area contributed by atoms with E-state index >= 15 is 0 Å². The summed E-state index contributed by atoms with van der Waals surface area (Å²) in [6.07, 6.45) is 1.13. The Labute approximate surface area is 153 Å². The van der Waals surface area contributed by atoms with Crippen molar-refractivity contribution in [3.8, 4) is 0 Å². The van der Waals surface area contributed by atoms with Crippen molar-refractivity contribution in [1.29, 1.82) is 0 Å². The highest BCUT2D eigenvalue weighted by Crippen LogP contribution is 2.43. The average molecular weight is 391 g/mol. The Morgan fingerprint density at radius 2 is 2.00 bits per heavy atom. The van der Waals surface area contributed by atoms with Crippen molar-refractivity contribution >= 4 is 7.75 Å². The number of nitrogens with one attached hydrogen (secondary N) is 1. The normalized spacial score (nSPS) is 35.7. The van der Waals surface area contributed by atoms with Crippen molar-refractivity contribution in [2.24, 2.45) is 11.0 Å². The van der Waals surface area contributed by atoms with E-state index in [1.165, 1.54) is 0 Å². The van der Waals surface area contributed by atoms with Crippen molar-refractivity contribution < 1.29 is 28.9 Å². The van der Waals surface area contributed by atoms with Crippen LogP contribution in [0.2, 0.25) is 0 Å². The van der Waals surface area contributed by atoms with Gasteiger partial charge in [-0.3, -0.25) is 9.65 Å². The van der Waals surface area contributed by atoms with E-state index in [1.807, 2.05) is 0 Å². The third-order valence-electron chi connectivity index (χ3n) is 4.70. The van der Waals surface area contributed by atoms with E-state index in [4.69, 9.17) is 14.8 Å². The minimum absolute atomic E-state index is 0.0101. The zero-order valence-electron chi connectivity index (χ0n) is 15.4. The second-order valence-electron chi connectivity index (χ2n) is 8.08. The molecule has 0 radical (unpaired) electrons. The molecule has 1 unspecified atom stereocenters. The number of ether oxygens (including phenoxy) is 1. The lowest BCUT2D eigenvalue weighted by Gasteiger charge is -2.35. The van der Waals surface area contributed by atoms with Gasteiger partial charge in [-0.05, 0) is 45.1 Å². The second-order valence-corrected chi connectivity index (χ2v) is 9.56. The van der Waals surface area contributed by atoms with Crippen LogP contribution in [0.15, 0.2) is 5.11 Å². The summed E-state index contributed by atoms with van der Waals surface area (Å²) in [5.41, 5.74) is 6.12. The van der Waals surface area contributed by atoms with Gasteiger partial charge >= 0.3 is 0 Å². The van der Waals surface area contributed by atoms with Crippen LogP contribution in [-0.2, 0) is 13.8 Å². The van der Waals surface area contributed by atoms with Gasteiger partial charge in [-0.15, -0.1) is 0 Å². The second kappa shape index (κ2) is 8.12. The van der Waals surface area contributed by atoms with Crippen LogP contribution in [0.3, 0.4) is 0 Å². The van der Waals surface area contributed by atoms with Crippen LogP contribution in [0.4, 0.5) is 0 Å². The summed E-state index contributed by atoms with van der Waals surface area (Å²) < 4.78 is 22.8. The van der Waals surface area contributed by atoms with Crippen LogP contribution in [-0.4, -0.2) is 46.4 Å². The van der Waals surface area contributed by atoms with E-state index < -0.39 is 43.9 Å². The molecule has 0 bridgehead atoms. The number of hydrogen-bond acceptors (Lipinski definition) is 7. The van der Waals surface area contributed by atoms with Crippen molar-refractivity contribution in [3.63, 3.8) is 0 Å². The number of nitrogens with zero attached hydrogens (tertiary/aromatic N) is 3. The molecule has 0 spiro atoms. The average Bonchev–Trinajstić information content (AvgIpc) is 2.78. The Morgan fingerprint density at radius 3 is 2.54 bits per heavy atom. The molecule has 10 nitrogen and oxygen atoms in total. The first-order valence-corrected chi connectivity index (χ1v) is 10.4. The fourth-order valence-corrected chi connectivity index (χ4v) is 4.83. The molecule has 0 aromatic carbocycles. The van der Waals surface area contributed by atoms with E-state index in [9.17, 15) is 19.7 Å². The summed E-state index contributed by atoms with van der Waals surface area (Å²) in [6, 6.07) is 0. The molecule has 1 aliphatic carbocycles. The van der Waals surface area contributed by atoms with Gasteiger partial charge in [0, 0.05) is 10.5 Å². The molecule has 150 valence electrons. The van der Waals surface area contributed by atoms with Crippen molar-refractivity contribution in [1.82, 2.24) is 5.09 Å². The quantitative estimate of drug-likeness (QED) is 0.268. The largest absolute Gasteiger partial charge is 0.766 e. The minimum atomic E-state index is -4.49. The van der Waals surface area contributed by atoms with Gasteiger partial charge in [0.1, 0.15) is 12.2 Å². The molecule has 26 heavy (non-hydrogen) atoms. The summed E-state index contributed by atoms with van der Waals surface area (Å²) in [7, 11) is -4.49. The van der Waals surface area contributed by atoms with Gasteiger partial charge in [0.2, 0.25) is 7.75 Å². The molecule has 0 amide bonds. The Kier molecular flexibility index (Phi) is 6.75. The highest BCUT2D eigenvalue weighted by molar-refractivity contribution is 7.49. The van der Waals surface area contributed by atoms with E-state index in [0.29, 0.717) is 0 Å². The molecule has 1 aliphatic heterocycles. The summed E-state index contributed by atoms with van der Waals surface area (Å²) in [4.78, 5) is 14.7. The molecule has 0 aromatic heterocycles. The van der Waals surface area contributed by atoms with Crippen LogP contribution in [0, 0.1) is 5.92 Å². The molecular formula is C15H28N4O6P-. The molecule has 0 aromatic rings. The van der Waals surface area contributed by atoms with E-state index in [2.05, 4.69) is 15.1 Å². The number of rotatable bonds is 6. The maximum Gasteiger partial charge on any atom is 0.204 e. The van der Waals surface area contributed by atoms with Crippen molar-refractivity contribution in [3.05, 3.63) is 10.4 Å². The molecule has 11 heteroatoms. The predicted molar refractivity (Wildman–Crippen MR) is 91.8 cm³/mol. The van der Waals surface area contributed by atoms with Gasteiger partial charge in [0.05, 0.1) is 12.7 Å². The number of aliphatic hydroxyl groups is 2. The maximum absolute atomic E-state index is 12.1. The fraction of sp³-hybridized carbons (Fsp3) is 1.00. The van der Waals surface area contributed by atoms with Gasteiger partial charge in [0.15, 0.2) is 5.72 Å². The van der Waals surface area contributed by atoms with Crippen LogP contribution in [0.1, 0.15) is 52.9 Å². The van der Waals surface area contributed by atoms with Crippen LogP contribution in [0.25, 0.3) is 10.4 Å². The number of hydrogen-bond donors (Lipinski definition) is 3. The lowest BCUT2D eigenvalue weighted by Crippen LogP contribution is -2.46. The van der Waals surface area contributed by atoms with E-state index in [0.717, 1.165) is 32.1 Å². The van der Waals surface area contributed by atoms with Crippen molar-refractivity contribution in [2.45, 2.75) is 82.5 Å². The summed E-state index contributed by atoms with van der Waals surface area (Å²) in [6.45, 7) is 4.22. The molecule has 3 N–H and O–H groups in total. The number of azide groups is 1. The molecule has 1 saturated carbocycles. The SMILES string of the molecule is CC(C)(C)NP(=O)([O-])OC[C@@]1(N=[N+]=[N-])O[C@@H](C2CCCCC2)[C@H](O)[C@@H]1O. The Bertz CT molecular complexity index is 587. The molecule has 2 fully saturated rings. The topological polar surface area (TPSA) is 160 Å². The fourth-order valence-electron chi connectivity index (χ4n) is 3.59. The van der Waals surface area contributed by atoms with Crippen LogP contribution >= 0.6 is 7.75 Å². The highest BCUT2D eigenvalue weighted by atomic mass is 31.2. The molecule has 5 atom stereocenters. The first kappa shape index (κ1) is 21.6. The van der Waals surface area contributed by atoms with Gasteiger partial charge in [-0.1, -0.05) is 24.4 Å². The zero-order valence-corrected chi connectivity index (χ0v) is 16.3. The summed E-state index contributed by atoms with van der Waals surface area (Å²) in [5.74, 6) is 0.0101. The lowest BCUT2D eigenvalue weighted by molar-refractivity contribution is -0.211. The van der Waals surface area contributed by atoms with Gasteiger partial charge < -0.3 is 24.4 Å². The molecule has 1 heterocycles. The maximum atomic E-state index is 12.1. The highest BCUT2D eigenvalue weighted by Gasteiger charge is 2.56. The first-order valence-electron chi connectivity index (χ1n) is 8.85. The molecule has 2 aliphatic rings. The van der Waals surface area contributed by atoms with Crippen molar-refractivity contribution in [2.75, 3.05) is 6.61 Å².